The molecule has 0 N–H and O–H groups in total. The van der Waals surface area contributed by atoms with E-state index in [0.717, 1.165) is 33.7 Å². The summed E-state index contributed by atoms with van der Waals surface area (Å²) in [6, 6.07) is 9.61. The summed E-state index contributed by atoms with van der Waals surface area (Å²) in [5.74, 6) is -0.168. The van der Waals surface area contributed by atoms with Crippen molar-refractivity contribution in [3.8, 4) is 22.5 Å². The Kier molecular flexibility index (Phi) is 4.04. The first-order chi connectivity index (χ1) is 13.1. The highest BCUT2D eigenvalue weighted by atomic mass is 16.2. The summed E-state index contributed by atoms with van der Waals surface area (Å²) >= 11 is 0. The minimum Gasteiger partial charge on any atom is -0.312 e. The van der Waals surface area contributed by atoms with Gasteiger partial charge in [-0.15, -0.1) is 0 Å². The second-order valence-corrected chi connectivity index (χ2v) is 6.19. The van der Waals surface area contributed by atoms with Gasteiger partial charge < -0.3 is 4.90 Å². The van der Waals surface area contributed by atoms with Gasteiger partial charge in [0.15, 0.2) is 0 Å². The molecule has 0 aliphatic rings. The van der Waals surface area contributed by atoms with E-state index in [9.17, 15) is 4.79 Å². The van der Waals surface area contributed by atoms with Gasteiger partial charge in [-0.3, -0.25) is 9.48 Å². The smallest absolute Gasteiger partial charge is 0.250 e. The molecule has 4 aromatic rings. The molecule has 4 rings (SSSR count). The summed E-state index contributed by atoms with van der Waals surface area (Å²) in [6.45, 7) is 3.55. The number of likely N-dealkylation sites (N-methyl/N-ethyl adjacent to an activating group) is 1. The van der Waals surface area contributed by atoms with E-state index in [4.69, 9.17) is 4.98 Å². The molecule has 0 saturated carbocycles. The van der Waals surface area contributed by atoms with Crippen LogP contribution in [0.1, 0.15) is 0 Å². The molecule has 0 saturated heterocycles. The van der Waals surface area contributed by atoms with Crippen LogP contribution >= 0.6 is 0 Å². The number of carbonyl (C=O) groups excluding carboxylic acids is 1. The topological polar surface area (TPSA) is 68.3 Å². The molecule has 0 atom stereocenters. The fraction of sp³-hybridized carbons (Fsp3) is 0.100. The molecule has 134 valence electrons. The molecule has 1 aromatic carbocycles. The average molecular weight is 358 g/mol. The Balaban J connectivity index is 1.87. The van der Waals surface area contributed by atoms with Gasteiger partial charge in [0.05, 0.1) is 35.5 Å². The Morgan fingerprint density at radius 3 is 2.78 bits per heavy atom. The van der Waals surface area contributed by atoms with Crippen LogP contribution in [0.2, 0.25) is 0 Å². The molecule has 0 spiro atoms. The first-order valence-electron chi connectivity index (χ1n) is 8.41. The minimum atomic E-state index is -0.168. The molecule has 27 heavy (non-hydrogen) atoms. The predicted octanol–water partition coefficient (Wildman–Crippen LogP) is 2.95. The van der Waals surface area contributed by atoms with Crippen molar-refractivity contribution in [1.82, 2.24) is 24.4 Å². The molecule has 7 nitrogen and oxygen atoms in total. The van der Waals surface area contributed by atoms with E-state index in [1.807, 2.05) is 49.8 Å². The lowest BCUT2D eigenvalue weighted by molar-refractivity contribution is -0.113. The lowest BCUT2D eigenvalue weighted by Gasteiger charge is -2.16. The van der Waals surface area contributed by atoms with Crippen molar-refractivity contribution in [2.75, 3.05) is 11.9 Å². The Morgan fingerprint density at radius 1 is 1.19 bits per heavy atom. The van der Waals surface area contributed by atoms with Crippen LogP contribution in [0.4, 0.5) is 5.69 Å². The maximum absolute atomic E-state index is 11.9. The molecule has 0 aliphatic heterocycles. The van der Waals surface area contributed by atoms with E-state index in [2.05, 4.69) is 16.8 Å². The highest BCUT2D eigenvalue weighted by molar-refractivity contribution is 6.01. The maximum atomic E-state index is 11.9. The number of hydrogen-bond acceptors (Lipinski definition) is 4. The van der Waals surface area contributed by atoms with E-state index in [0.29, 0.717) is 0 Å². The summed E-state index contributed by atoms with van der Waals surface area (Å²) in [5.41, 5.74) is 5.02. The SMILES string of the molecule is C=CC(=O)N(C)c1cccc(-c2nc(-c3cnn(C)c3)cn3nccc23)c1. The van der Waals surface area contributed by atoms with Gasteiger partial charge in [-0.1, -0.05) is 18.7 Å². The summed E-state index contributed by atoms with van der Waals surface area (Å²) in [4.78, 5) is 18.3. The molecular formula is C20H18N6O. The third-order valence-electron chi connectivity index (χ3n) is 4.40. The van der Waals surface area contributed by atoms with Crippen molar-refractivity contribution in [2.45, 2.75) is 0 Å². The standard InChI is InChI=1S/C20H18N6O/c1-4-19(27)25(3)16-7-5-6-14(10-16)20-18-8-9-21-26(18)13-17(23-20)15-11-22-24(2)12-15/h4-13H,1H2,2-3H3. The largest absolute Gasteiger partial charge is 0.312 e. The number of carbonyl (C=O) groups is 1. The van der Waals surface area contributed by atoms with Crippen LogP contribution in [-0.2, 0) is 11.8 Å². The highest BCUT2D eigenvalue weighted by Gasteiger charge is 2.14. The van der Waals surface area contributed by atoms with Gasteiger partial charge in [0.1, 0.15) is 0 Å². The van der Waals surface area contributed by atoms with Crippen LogP contribution in [0, 0.1) is 0 Å². The molecular weight excluding hydrogens is 340 g/mol. The zero-order chi connectivity index (χ0) is 19.0. The van der Waals surface area contributed by atoms with Gasteiger partial charge in [0, 0.05) is 37.1 Å². The van der Waals surface area contributed by atoms with Gasteiger partial charge >= 0.3 is 0 Å². The highest BCUT2D eigenvalue weighted by Crippen LogP contribution is 2.29. The first-order valence-corrected chi connectivity index (χ1v) is 8.41. The van der Waals surface area contributed by atoms with Crippen molar-refractivity contribution in [3.63, 3.8) is 0 Å². The van der Waals surface area contributed by atoms with E-state index in [1.54, 1.807) is 33.5 Å². The molecule has 7 heteroatoms. The first kappa shape index (κ1) is 16.7. The van der Waals surface area contributed by atoms with Crippen LogP contribution in [0.3, 0.4) is 0 Å². The number of benzene rings is 1. The number of amides is 1. The number of anilines is 1. The van der Waals surface area contributed by atoms with E-state index in [1.165, 1.54) is 6.08 Å². The third-order valence-corrected chi connectivity index (χ3v) is 4.40. The second kappa shape index (κ2) is 6.53. The molecule has 1 amide bonds. The Hall–Kier alpha value is -3.74. The number of nitrogens with zero attached hydrogens (tertiary/aromatic N) is 6. The van der Waals surface area contributed by atoms with Gasteiger partial charge in [-0.2, -0.15) is 10.2 Å². The molecule has 0 radical (unpaired) electrons. The maximum Gasteiger partial charge on any atom is 0.250 e. The monoisotopic (exact) mass is 358 g/mol. The van der Waals surface area contributed by atoms with Crippen LogP contribution in [-0.4, -0.2) is 37.3 Å². The lowest BCUT2D eigenvalue weighted by Crippen LogP contribution is -2.23. The molecule has 3 aromatic heterocycles. The van der Waals surface area contributed by atoms with Crippen molar-refractivity contribution < 1.29 is 4.79 Å². The predicted molar refractivity (Wildman–Crippen MR) is 104 cm³/mol. The average Bonchev–Trinajstić information content (AvgIpc) is 3.34. The number of aromatic nitrogens is 5. The third kappa shape index (κ3) is 2.99. The number of fused-ring (bicyclic) bond motifs is 1. The van der Waals surface area contributed by atoms with Crippen LogP contribution in [0.15, 0.2) is 67.8 Å². The Morgan fingerprint density at radius 2 is 2.04 bits per heavy atom. The zero-order valence-corrected chi connectivity index (χ0v) is 15.1. The summed E-state index contributed by atoms with van der Waals surface area (Å²) in [5, 5.41) is 8.59. The van der Waals surface area contributed by atoms with Crippen molar-refractivity contribution in [2.24, 2.45) is 7.05 Å². The Bertz CT molecular complexity index is 1160. The zero-order valence-electron chi connectivity index (χ0n) is 15.1. The second-order valence-electron chi connectivity index (χ2n) is 6.19. The number of rotatable bonds is 4. The van der Waals surface area contributed by atoms with Crippen molar-refractivity contribution in [3.05, 3.63) is 67.8 Å². The molecule has 0 aliphatic carbocycles. The van der Waals surface area contributed by atoms with Gasteiger partial charge in [0.2, 0.25) is 5.91 Å². The van der Waals surface area contributed by atoms with Gasteiger partial charge in [-0.25, -0.2) is 9.50 Å². The van der Waals surface area contributed by atoms with Crippen LogP contribution in [0.25, 0.3) is 28.0 Å². The lowest BCUT2D eigenvalue weighted by atomic mass is 10.1. The number of aryl methyl sites for hydroxylation is 1. The minimum absolute atomic E-state index is 0.168. The quantitative estimate of drug-likeness (QED) is 0.526. The number of hydrogen-bond donors (Lipinski definition) is 0. The summed E-state index contributed by atoms with van der Waals surface area (Å²) in [7, 11) is 3.59. The molecule has 0 fully saturated rings. The summed E-state index contributed by atoms with van der Waals surface area (Å²) < 4.78 is 3.54. The molecule has 0 bridgehead atoms. The summed E-state index contributed by atoms with van der Waals surface area (Å²) in [6.07, 6.45) is 8.60. The van der Waals surface area contributed by atoms with Crippen LogP contribution in [0.5, 0.6) is 0 Å². The van der Waals surface area contributed by atoms with E-state index >= 15 is 0 Å². The van der Waals surface area contributed by atoms with Gasteiger partial charge in [-0.05, 0) is 24.3 Å². The van der Waals surface area contributed by atoms with Crippen molar-refractivity contribution in [1.29, 1.82) is 0 Å². The van der Waals surface area contributed by atoms with E-state index in [-0.39, 0.29) is 5.91 Å². The normalized spacial score (nSPS) is 10.9. The molecule has 0 unspecified atom stereocenters. The van der Waals surface area contributed by atoms with Gasteiger partial charge in [0.25, 0.3) is 0 Å². The fourth-order valence-electron chi connectivity index (χ4n) is 2.96. The van der Waals surface area contributed by atoms with Crippen molar-refractivity contribution >= 4 is 17.1 Å². The molecule has 3 heterocycles. The van der Waals surface area contributed by atoms with E-state index < -0.39 is 0 Å². The Labute approximate surface area is 156 Å². The fourth-order valence-corrected chi connectivity index (χ4v) is 2.96. The van der Waals surface area contributed by atoms with Crippen LogP contribution < -0.4 is 4.90 Å².